The van der Waals surface area contributed by atoms with E-state index in [1.807, 2.05) is 0 Å². The summed E-state index contributed by atoms with van der Waals surface area (Å²) in [5.74, 6) is 2.67. The van der Waals surface area contributed by atoms with E-state index < -0.39 is 0 Å². The molecule has 6 nitrogen and oxygen atoms in total. The van der Waals surface area contributed by atoms with Gasteiger partial charge >= 0.3 is 0 Å². The lowest BCUT2D eigenvalue weighted by atomic mass is 9.86. The van der Waals surface area contributed by atoms with Gasteiger partial charge in [-0.3, -0.25) is 0 Å². The van der Waals surface area contributed by atoms with Crippen LogP contribution in [-0.4, -0.2) is 38.7 Å². The highest BCUT2D eigenvalue weighted by atomic mass is 35.5. The molecule has 110 valence electrons. The van der Waals surface area contributed by atoms with Crippen LogP contribution in [0.1, 0.15) is 25.1 Å². The minimum absolute atomic E-state index is 0.314. The molecule has 2 aromatic rings. The number of imidazole rings is 1. The Bertz CT molecular complexity index is 724. The highest BCUT2D eigenvalue weighted by Gasteiger charge is 2.44. The molecule has 0 atom stereocenters. The van der Waals surface area contributed by atoms with Gasteiger partial charge in [0.15, 0.2) is 17.0 Å². The summed E-state index contributed by atoms with van der Waals surface area (Å²) < 4.78 is 7.74. The fraction of sp³-hybridized carbons (Fsp3) is 0.643. The van der Waals surface area contributed by atoms with Crippen LogP contribution >= 0.6 is 11.6 Å². The van der Waals surface area contributed by atoms with Gasteiger partial charge in [0.1, 0.15) is 12.4 Å². The summed E-state index contributed by atoms with van der Waals surface area (Å²) in [7, 11) is 0. The van der Waals surface area contributed by atoms with E-state index >= 15 is 0 Å². The van der Waals surface area contributed by atoms with Gasteiger partial charge in [0, 0.05) is 25.7 Å². The maximum absolute atomic E-state index is 6.18. The Morgan fingerprint density at radius 2 is 2.10 bits per heavy atom. The molecule has 7 heteroatoms. The molecule has 2 bridgehead atoms. The zero-order valence-corrected chi connectivity index (χ0v) is 12.4. The average molecular weight is 306 g/mol. The van der Waals surface area contributed by atoms with Crippen molar-refractivity contribution in [1.29, 1.82) is 0 Å². The van der Waals surface area contributed by atoms with Crippen molar-refractivity contribution in [2.75, 3.05) is 18.1 Å². The number of hydrogen-bond donors (Lipinski definition) is 0. The van der Waals surface area contributed by atoms with Crippen LogP contribution in [0.4, 0.5) is 5.82 Å². The largest absolute Gasteiger partial charge is 0.373 e. The number of hydrogen-bond acceptors (Lipinski definition) is 5. The third-order valence-corrected chi connectivity index (χ3v) is 5.08. The molecule has 5 heterocycles. The normalized spacial score (nSPS) is 27.6. The lowest BCUT2D eigenvalue weighted by Gasteiger charge is -2.26. The number of rotatable bonds is 1. The Balaban J connectivity index is 1.71. The number of aryl methyl sites for hydroxylation is 1. The Morgan fingerprint density at radius 3 is 2.90 bits per heavy atom. The van der Waals surface area contributed by atoms with Crippen LogP contribution in [0.2, 0.25) is 5.28 Å². The van der Waals surface area contributed by atoms with Crippen LogP contribution in [0.15, 0.2) is 0 Å². The Hall–Kier alpha value is -1.40. The summed E-state index contributed by atoms with van der Waals surface area (Å²) in [4.78, 5) is 16.1. The van der Waals surface area contributed by atoms with Crippen molar-refractivity contribution in [3.05, 3.63) is 11.1 Å². The number of aromatic nitrogens is 4. The van der Waals surface area contributed by atoms with Crippen molar-refractivity contribution < 1.29 is 4.74 Å². The molecule has 21 heavy (non-hydrogen) atoms. The second kappa shape index (κ2) is 4.30. The molecule has 2 saturated heterocycles. The van der Waals surface area contributed by atoms with E-state index in [1.54, 1.807) is 0 Å². The molecule has 0 N–H and O–H groups in total. The van der Waals surface area contributed by atoms with Gasteiger partial charge in [-0.2, -0.15) is 9.97 Å². The van der Waals surface area contributed by atoms with Crippen molar-refractivity contribution in [2.24, 2.45) is 5.92 Å². The second-order valence-electron chi connectivity index (χ2n) is 6.22. The SMILES string of the molecule is Clc1nc(N2CC3CC2C3)c2nc3n(c2n1)CCCOC3. The Kier molecular flexibility index (Phi) is 2.49. The molecule has 0 unspecified atom stereocenters. The van der Waals surface area contributed by atoms with Crippen molar-refractivity contribution in [3.63, 3.8) is 0 Å². The predicted octanol–water partition coefficient (Wildman–Crippen LogP) is 2.00. The summed E-state index contributed by atoms with van der Waals surface area (Å²) in [5.41, 5.74) is 1.74. The summed E-state index contributed by atoms with van der Waals surface area (Å²) in [6.07, 6.45) is 3.53. The van der Waals surface area contributed by atoms with Crippen LogP contribution in [0.5, 0.6) is 0 Å². The number of ether oxygens (including phenoxy) is 1. The predicted molar refractivity (Wildman–Crippen MR) is 78.5 cm³/mol. The number of anilines is 1. The van der Waals surface area contributed by atoms with Gasteiger partial charge in [-0.05, 0) is 36.8 Å². The van der Waals surface area contributed by atoms with E-state index in [2.05, 4.69) is 19.4 Å². The third kappa shape index (κ3) is 1.72. The Morgan fingerprint density at radius 1 is 1.19 bits per heavy atom. The molecule has 6 rings (SSSR count). The Labute approximate surface area is 127 Å². The molecule has 0 spiro atoms. The first-order chi connectivity index (χ1) is 10.3. The van der Waals surface area contributed by atoms with Gasteiger partial charge in [-0.1, -0.05) is 0 Å². The molecular formula is C14H16ClN5O. The van der Waals surface area contributed by atoms with E-state index in [0.717, 1.165) is 54.8 Å². The van der Waals surface area contributed by atoms with Crippen molar-refractivity contribution in [1.82, 2.24) is 19.5 Å². The maximum atomic E-state index is 6.18. The van der Waals surface area contributed by atoms with Gasteiger partial charge in [-0.15, -0.1) is 0 Å². The van der Waals surface area contributed by atoms with Gasteiger partial charge in [0.2, 0.25) is 5.28 Å². The van der Waals surface area contributed by atoms with E-state index in [-0.39, 0.29) is 0 Å². The molecule has 3 aliphatic heterocycles. The van der Waals surface area contributed by atoms with Crippen LogP contribution in [0.25, 0.3) is 11.2 Å². The van der Waals surface area contributed by atoms with Gasteiger partial charge in [0.05, 0.1) is 0 Å². The maximum Gasteiger partial charge on any atom is 0.226 e. The van der Waals surface area contributed by atoms with E-state index in [0.29, 0.717) is 17.9 Å². The topological polar surface area (TPSA) is 56.1 Å². The van der Waals surface area contributed by atoms with Gasteiger partial charge in [0.25, 0.3) is 0 Å². The van der Waals surface area contributed by atoms with Crippen LogP contribution < -0.4 is 4.90 Å². The molecule has 1 aliphatic carbocycles. The monoisotopic (exact) mass is 305 g/mol. The second-order valence-corrected chi connectivity index (χ2v) is 6.56. The van der Waals surface area contributed by atoms with Crippen molar-refractivity contribution in [2.45, 2.75) is 38.5 Å². The molecule has 0 radical (unpaired) electrons. The highest BCUT2D eigenvalue weighted by Crippen LogP contribution is 2.44. The summed E-state index contributed by atoms with van der Waals surface area (Å²) in [6, 6.07) is 0.613. The molecule has 0 aromatic carbocycles. The number of fused-ring (bicyclic) bond motifs is 4. The molecule has 1 saturated carbocycles. The van der Waals surface area contributed by atoms with E-state index in [9.17, 15) is 0 Å². The summed E-state index contributed by atoms with van der Waals surface area (Å²) in [5, 5.41) is 0.314. The molecule has 3 fully saturated rings. The van der Waals surface area contributed by atoms with Crippen LogP contribution in [0, 0.1) is 5.92 Å². The van der Waals surface area contributed by atoms with E-state index in [4.69, 9.17) is 21.3 Å². The van der Waals surface area contributed by atoms with Crippen LogP contribution in [0.3, 0.4) is 0 Å². The van der Waals surface area contributed by atoms with Gasteiger partial charge < -0.3 is 14.2 Å². The molecular weight excluding hydrogens is 290 g/mol. The van der Waals surface area contributed by atoms with Crippen molar-refractivity contribution in [3.8, 4) is 0 Å². The van der Waals surface area contributed by atoms with Gasteiger partial charge in [-0.25, -0.2) is 4.98 Å². The average Bonchev–Trinajstić information content (AvgIpc) is 3.06. The lowest BCUT2D eigenvalue weighted by Crippen LogP contribution is -2.29. The summed E-state index contributed by atoms with van der Waals surface area (Å²) in [6.45, 7) is 3.27. The number of halogens is 1. The third-order valence-electron chi connectivity index (χ3n) is 4.91. The summed E-state index contributed by atoms with van der Waals surface area (Å²) >= 11 is 6.18. The smallest absolute Gasteiger partial charge is 0.226 e. The number of nitrogens with zero attached hydrogens (tertiary/aromatic N) is 5. The minimum Gasteiger partial charge on any atom is -0.373 e. The minimum atomic E-state index is 0.314. The molecule has 4 aliphatic rings. The first-order valence-corrected chi connectivity index (χ1v) is 7.94. The zero-order valence-electron chi connectivity index (χ0n) is 11.6. The van der Waals surface area contributed by atoms with Crippen molar-refractivity contribution >= 4 is 28.6 Å². The molecule has 2 aromatic heterocycles. The quantitative estimate of drug-likeness (QED) is 0.754. The fourth-order valence-electron chi connectivity index (χ4n) is 3.83. The zero-order chi connectivity index (χ0) is 14.0. The van der Waals surface area contributed by atoms with Crippen LogP contribution in [-0.2, 0) is 17.9 Å². The molecule has 0 amide bonds. The lowest BCUT2D eigenvalue weighted by molar-refractivity contribution is 0.122. The highest BCUT2D eigenvalue weighted by molar-refractivity contribution is 6.28. The first-order valence-electron chi connectivity index (χ1n) is 7.56. The fourth-order valence-corrected chi connectivity index (χ4v) is 3.99. The first kappa shape index (κ1) is 12.2. The van der Waals surface area contributed by atoms with E-state index in [1.165, 1.54) is 12.8 Å². The standard InChI is InChI=1S/C14H16ClN5O/c15-14-17-12-11(16-10-7-21-3-1-2-19(10)12)13(18-14)20-6-8-4-9(20)5-8/h8-9H,1-7H2.